The topological polar surface area (TPSA) is 134 Å². The molecule has 0 bridgehead atoms. The zero-order chi connectivity index (χ0) is 20.7. The lowest BCUT2D eigenvalue weighted by atomic mass is 10.1. The molecule has 0 radical (unpaired) electrons. The molecule has 1 aromatic heterocycles. The number of alkyl carbamates (subject to hydrolysis) is 1. The van der Waals surface area contributed by atoms with Crippen molar-refractivity contribution in [3.63, 3.8) is 0 Å². The summed E-state index contributed by atoms with van der Waals surface area (Å²) in [5.41, 5.74) is 1.36. The van der Waals surface area contributed by atoms with Gasteiger partial charge in [0.15, 0.2) is 0 Å². The van der Waals surface area contributed by atoms with Gasteiger partial charge in [-0.2, -0.15) is 0 Å². The van der Waals surface area contributed by atoms with E-state index in [1.54, 1.807) is 0 Å². The highest BCUT2D eigenvalue weighted by molar-refractivity contribution is 6.18. The molecule has 2 rings (SSSR count). The van der Waals surface area contributed by atoms with Crippen molar-refractivity contribution < 1.29 is 28.6 Å². The molecule has 0 aliphatic carbocycles. The number of aromatic nitrogens is 1. The third kappa shape index (κ3) is 4.47. The predicted octanol–water partition coefficient (Wildman–Crippen LogP) is 2.26. The number of guanidine groups is 1. The van der Waals surface area contributed by atoms with Gasteiger partial charge in [-0.15, -0.1) is 0 Å². The summed E-state index contributed by atoms with van der Waals surface area (Å²) in [6.45, 7) is 0. The lowest BCUT2D eigenvalue weighted by Gasteiger charge is -2.23. The van der Waals surface area contributed by atoms with Crippen LogP contribution in [0.15, 0.2) is 36.5 Å². The van der Waals surface area contributed by atoms with Gasteiger partial charge in [0.2, 0.25) is 5.96 Å². The zero-order valence-corrected chi connectivity index (χ0v) is 15.6. The van der Waals surface area contributed by atoms with Gasteiger partial charge in [0.05, 0.1) is 27.0 Å². The number of carbonyl (C=O) groups excluding carboxylic acids is 3. The number of hydrogen-bond donors (Lipinski definition) is 3. The molecule has 0 saturated heterocycles. The molecule has 0 atom stereocenters. The SMILES string of the molecule is COC(=O)NC(=N)N(C(=O)OC)c1c(Cc2ccccc2)c[nH]c1C(=O)OC. The van der Waals surface area contributed by atoms with E-state index in [-0.39, 0.29) is 11.4 Å². The standard InChI is InChI=1S/C18H20N4O6/c1-26-15(23)13-14(12(10-20-13)9-11-7-5-4-6-8-11)22(18(25)28-3)16(19)21-17(24)27-2/h4-8,10,20H,9H2,1-3H3,(H2,19,21,24). The Kier molecular flexibility index (Phi) is 6.74. The van der Waals surface area contributed by atoms with Gasteiger partial charge in [0.25, 0.3) is 0 Å². The number of anilines is 1. The van der Waals surface area contributed by atoms with Crippen molar-refractivity contribution >= 4 is 29.8 Å². The second-order valence-corrected chi connectivity index (χ2v) is 5.46. The maximum atomic E-state index is 12.4. The maximum Gasteiger partial charge on any atom is 0.421 e. The number of esters is 1. The first-order chi connectivity index (χ1) is 13.4. The van der Waals surface area contributed by atoms with Crippen LogP contribution < -0.4 is 10.2 Å². The molecule has 0 fully saturated rings. The van der Waals surface area contributed by atoms with Crippen LogP contribution in [0.3, 0.4) is 0 Å². The molecule has 1 heterocycles. The Hall–Kier alpha value is -3.82. The summed E-state index contributed by atoms with van der Waals surface area (Å²) in [4.78, 5) is 39.6. The van der Waals surface area contributed by atoms with E-state index >= 15 is 0 Å². The Morgan fingerprint density at radius 2 is 1.75 bits per heavy atom. The first-order valence-electron chi connectivity index (χ1n) is 8.07. The smallest absolute Gasteiger partial charge is 0.421 e. The Bertz CT molecular complexity index is 877. The molecule has 10 heteroatoms. The predicted molar refractivity (Wildman–Crippen MR) is 99.5 cm³/mol. The molecule has 148 valence electrons. The van der Waals surface area contributed by atoms with Crippen LogP contribution >= 0.6 is 0 Å². The largest absolute Gasteiger partial charge is 0.464 e. The van der Waals surface area contributed by atoms with Crippen molar-refractivity contribution in [3.8, 4) is 0 Å². The number of aromatic amines is 1. The van der Waals surface area contributed by atoms with Crippen molar-refractivity contribution in [2.24, 2.45) is 0 Å². The Morgan fingerprint density at radius 1 is 1.07 bits per heavy atom. The van der Waals surface area contributed by atoms with Crippen LogP contribution in [-0.2, 0) is 20.6 Å². The molecule has 28 heavy (non-hydrogen) atoms. The average molecular weight is 388 g/mol. The van der Waals surface area contributed by atoms with Gasteiger partial charge in [-0.25, -0.2) is 19.3 Å². The summed E-state index contributed by atoms with van der Waals surface area (Å²) in [5.74, 6) is -1.41. The Balaban J connectivity index is 2.56. The summed E-state index contributed by atoms with van der Waals surface area (Å²) < 4.78 is 13.9. The Labute approximate surface area is 160 Å². The molecular formula is C18H20N4O6. The van der Waals surface area contributed by atoms with Crippen LogP contribution in [-0.4, -0.2) is 50.4 Å². The first-order valence-corrected chi connectivity index (χ1v) is 8.07. The van der Waals surface area contributed by atoms with Crippen molar-refractivity contribution in [3.05, 3.63) is 53.3 Å². The van der Waals surface area contributed by atoms with E-state index in [0.717, 1.165) is 24.7 Å². The molecule has 0 aliphatic heterocycles. The molecular weight excluding hydrogens is 368 g/mol. The van der Waals surface area contributed by atoms with Gasteiger partial charge in [-0.1, -0.05) is 30.3 Å². The van der Waals surface area contributed by atoms with Crippen LogP contribution in [0.5, 0.6) is 0 Å². The molecule has 1 aromatic carbocycles. The van der Waals surface area contributed by atoms with E-state index in [9.17, 15) is 14.4 Å². The summed E-state index contributed by atoms with van der Waals surface area (Å²) in [6.07, 6.45) is -0.0855. The summed E-state index contributed by atoms with van der Waals surface area (Å²) in [7, 11) is 3.41. The maximum absolute atomic E-state index is 12.4. The molecule has 0 saturated carbocycles. The van der Waals surface area contributed by atoms with Gasteiger partial charge >= 0.3 is 18.2 Å². The quantitative estimate of drug-likeness (QED) is 0.318. The van der Waals surface area contributed by atoms with Crippen molar-refractivity contribution in [1.29, 1.82) is 5.41 Å². The minimum atomic E-state index is -0.986. The number of nitrogens with one attached hydrogen (secondary N) is 3. The van der Waals surface area contributed by atoms with Gasteiger partial charge in [-0.3, -0.25) is 10.7 Å². The van der Waals surface area contributed by atoms with E-state index in [4.69, 9.17) is 14.9 Å². The normalized spacial score (nSPS) is 9.96. The van der Waals surface area contributed by atoms with Crippen LogP contribution in [0.2, 0.25) is 0 Å². The van der Waals surface area contributed by atoms with E-state index in [1.807, 2.05) is 30.3 Å². The minimum Gasteiger partial charge on any atom is -0.464 e. The summed E-state index contributed by atoms with van der Waals surface area (Å²) in [5, 5.41) is 10.2. The lowest BCUT2D eigenvalue weighted by molar-refractivity contribution is 0.0595. The molecule has 3 N–H and O–H groups in total. The second-order valence-electron chi connectivity index (χ2n) is 5.46. The fourth-order valence-corrected chi connectivity index (χ4v) is 2.51. The van der Waals surface area contributed by atoms with Crippen LogP contribution in [0, 0.1) is 5.41 Å². The number of H-pyrrole nitrogens is 1. The van der Waals surface area contributed by atoms with Crippen LogP contribution in [0.1, 0.15) is 21.6 Å². The van der Waals surface area contributed by atoms with Crippen molar-refractivity contribution in [2.75, 3.05) is 26.2 Å². The van der Waals surface area contributed by atoms with Crippen LogP contribution in [0.25, 0.3) is 0 Å². The number of nitrogens with zero attached hydrogens (tertiary/aromatic N) is 1. The third-order valence-corrected chi connectivity index (χ3v) is 3.77. The number of carbonyl (C=O) groups is 3. The van der Waals surface area contributed by atoms with Gasteiger partial charge in [0.1, 0.15) is 5.69 Å². The fraction of sp³-hybridized carbons (Fsp3) is 0.222. The van der Waals surface area contributed by atoms with E-state index in [0.29, 0.717) is 12.0 Å². The van der Waals surface area contributed by atoms with Crippen molar-refractivity contribution in [2.45, 2.75) is 6.42 Å². The number of rotatable bonds is 4. The molecule has 0 aliphatic rings. The zero-order valence-electron chi connectivity index (χ0n) is 15.6. The highest BCUT2D eigenvalue weighted by atomic mass is 16.5. The monoisotopic (exact) mass is 388 g/mol. The lowest BCUT2D eigenvalue weighted by Crippen LogP contribution is -2.47. The molecule has 0 spiro atoms. The van der Waals surface area contributed by atoms with Crippen LogP contribution in [0.4, 0.5) is 15.3 Å². The summed E-state index contributed by atoms with van der Waals surface area (Å²) in [6, 6.07) is 9.30. The average Bonchev–Trinajstić information content (AvgIpc) is 3.11. The number of ether oxygens (including phenoxy) is 3. The van der Waals surface area contributed by atoms with E-state index < -0.39 is 24.1 Å². The van der Waals surface area contributed by atoms with E-state index in [1.165, 1.54) is 13.3 Å². The van der Waals surface area contributed by atoms with Gasteiger partial charge in [-0.05, 0) is 11.1 Å². The second kappa shape index (κ2) is 9.21. The van der Waals surface area contributed by atoms with Gasteiger partial charge < -0.3 is 19.2 Å². The van der Waals surface area contributed by atoms with Gasteiger partial charge in [0, 0.05) is 12.6 Å². The Morgan fingerprint density at radius 3 is 2.32 bits per heavy atom. The first kappa shape index (κ1) is 20.5. The highest BCUT2D eigenvalue weighted by Crippen LogP contribution is 2.29. The molecule has 10 nitrogen and oxygen atoms in total. The van der Waals surface area contributed by atoms with Crippen molar-refractivity contribution in [1.82, 2.24) is 10.3 Å². The molecule has 2 amide bonds. The third-order valence-electron chi connectivity index (χ3n) is 3.77. The number of methoxy groups -OCH3 is 3. The number of amides is 2. The van der Waals surface area contributed by atoms with E-state index in [2.05, 4.69) is 15.0 Å². The number of hydrogen-bond acceptors (Lipinski definition) is 7. The molecule has 2 aromatic rings. The highest BCUT2D eigenvalue weighted by Gasteiger charge is 2.32. The number of benzene rings is 1. The fourth-order valence-electron chi connectivity index (χ4n) is 2.51. The minimum absolute atomic E-state index is 0.0314. The molecule has 0 unspecified atom stereocenters. The summed E-state index contributed by atoms with van der Waals surface area (Å²) >= 11 is 0.